The van der Waals surface area contributed by atoms with Crippen molar-refractivity contribution in [3.05, 3.63) is 64.2 Å². The van der Waals surface area contributed by atoms with Gasteiger partial charge in [-0.1, -0.05) is 29.8 Å². The molecule has 0 aromatic heterocycles. The van der Waals surface area contributed by atoms with Gasteiger partial charge in [-0.3, -0.25) is 0 Å². The highest BCUT2D eigenvalue weighted by Gasteiger charge is 2.06. The molecular weight excluding hydrogens is 276 g/mol. The molecule has 2 aromatic rings. The molecule has 0 unspecified atom stereocenters. The molecule has 0 aliphatic rings. The molecule has 2 aromatic carbocycles. The van der Waals surface area contributed by atoms with Crippen LogP contribution in [0.5, 0.6) is 5.75 Å². The van der Waals surface area contributed by atoms with Gasteiger partial charge in [-0.05, 0) is 42.3 Å². The van der Waals surface area contributed by atoms with Crippen molar-refractivity contribution in [2.24, 2.45) is 0 Å². The number of rotatable bonds is 4. The van der Waals surface area contributed by atoms with Gasteiger partial charge in [0.1, 0.15) is 12.4 Å². The summed E-state index contributed by atoms with van der Waals surface area (Å²) in [5, 5.41) is 0.585. The average molecular weight is 291 g/mol. The summed E-state index contributed by atoms with van der Waals surface area (Å²) in [4.78, 5) is 11.3. The molecule has 0 amide bonds. The van der Waals surface area contributed by atoms with Crippen LogP contribution in [0.1, 0.15) is 21.5 Å². The number of esters is 1. The predicted molar refractivity (Wildman–Crippen MR) is 78.3 cm³/mol. The third kappa shape index (κ3) is 3.52. The maximum absolute atomic E-state index is 11.3. The van der Waals surface area contributed by atoms with Gasteiger partial charge in [0.05, 0.1) is 17.7 Å². The van der Waals surface area contributed by atoms with E-state index in [1.54, 1.807) is 12.1 Å². The molecular formula is C16H15ClO3. The normalized spacial score (nSPS) is 10.2. The second-order valence-electron chi connectivity index (χ2n) is 4.41. The molecule has 0 saturated carbocycles. The maximum atomic E-state index is 11.3. The van der Waals surface area contributed by atoms with Gasteiger partial charge in [-0.15, -0.1) is 0 Å². The van der Waals surface area contributed by atoms with Gasteiger partial charge in [-0.2, -0.15) is 0 Å². The fourth-order valence-electron chi connectivity index (χ4n) is 1.74. The summed E-state index contributed by atoms with van der Waals surface area (Å²) in [5.41, 5.74) is 2.56. The number of halogens is 1. The minimum atomic E-state index is -0.348. The topological polar surface area (TPSA) is 35.5 Å². The molecule has 0 aliphatic heterocycles. The molecule has 2 rings (SSSR count). The van der Waals surface area contributed by atoms with Gasteiger partial charge < -0.3 is 9.47 Å². The number of ether oxygens (including phenoxy) is 2. The lowest BCUT2D eigenvalue weighted by Gasteiger charge is -2.09. The SMILES string of the molecule is COC(=O)c1ccc(COc2cc(C)ccc2Cl)cc1. The van der Waals surface area contributed by atoms with Gasteiger partial charge in [0.2, 0.25) is 0 Å². The van der Waals surface area contributed by atoms with Crippen molar-refractivity contribution in [1.82, 2.24) is 0 Å². The van der Waals surface area contributed by atoms with E-state index < -0.39 is 0 Å². The van der Waals surface area contributed by atoms with Crippen LogP contribution in [0.15, 0.2) is 42.5 Å². The van der Waals surface area contributed by atoms with Crippen LogP contribution in [0.2, 0.25) is 5.02 Å². The highest BCUT2D eigenvalue weighted by Crippen LogP contribution is 2.26. The van der Waals surface area contributed by atoms with Gasteiger partial charge in [0.25, 0.3) is 0 Å². The van der Waals surface area contributed by atoms with Gasteiger partial charge in [0.15, 0.2) is 0 Å². The number of benzene rings is 2. The lowest BCUT2D eigenvalue weighted by Crippen LogP contribution is -2.02. The molecule has 0 saturated heterocycles. The first-order valence-corrected chi connectivity index (χ1v) is 6.54. The zero-order chi connectivity index (χ0) is 14.5. The Morgan fingerprint density at radius 2 is 1.85 bits per heavy atom. The molecule has 0 radical (unpaired) electrons. The van der Waals surface area contributed by atoms with Crippen molar-refractivity contribution < 1.29 is 14.3 Å². The molecule has 0 N–H and O–H groups in total. The summed E-state index contributed by atoms with van der Waals surface area (Å²) in [7, 11) is 1.36. The highest BCUT2D eigenvalue weighted by molar-refractivity contribution is 6.32. The Labute approximate surface area is 123 Å². The Balaban J connectivity index is 2.04. The lowest BCUT2D eigenvalue weighted by molar-refractivity contribution is 0.0600. The molecule has 0 heterocycles. The molecule has 3 nitrogen and oxygen atoms in total. The molecule has 0 fully saturated rings. The number of aryl methyl sites for hydroxylation is 1. The average Bonchev–Trinajstić information content (AvgIpc) is 2.48. The minimum Gasteiger partial charge on any atom is -0.487 e. The predicted octanol–water partition coefficient (Wildman–Crippen LogP) is 4.01. The number of hydrogen-bond acceptors (Lipinski definition) is 3. The van der Waals surface area contributed by atoms with Crippen LogP contribution in [-0.2, 0) is 11.3 Å². The minimum absolute atomic E-state index is 0.348. The van der Waals surface area contributed by atoms with E-state index in [1.165, 1.54) is 7.11 Å². The number of methoxy groups -OCH3 is 1. The smallest absolute Gasteiger partial charge is 0.337 e. The van der Waals surface area contributed by atoms with Gasteiger partial charge in [-0.25, -0.2) is 4.79 Å². The van der Waals surface area contributed by atoms with Gasteiger partial charge >= 0.3 is 5.97 Å². The summed E-state index contributed by atoms with van der Waals surface area (Å²) in [6.45, 7) is 2.37. The second-order valence-corrected chi connectivity index (χ2v) is 4.82. The quantitative estimate of drug-likeness (QED) is 0.798. The van der Waals surface area contributed by atoms with Crippen LogP contribution >= 0.6 is 11.6 Å². The monoisotopic (exact) mass is 290 g/mol. The largest absolute Gasteiger partial charge is 0.487 e. The summed E-state index contributed by atoms with van der Waals surface area (Å²) < 4.78 is 10.3. The molecule has 4 heteroatoms. The van der Waals surface area contributed by atoms with Crippen molar-refractivity contribution in [2.45, 2.75) is 13.5 Å². The maximum Gasteiger partial charge on any atom is 0.337 e. The molecule has 0 aliphatic carbocycles. The van der Waals surface area contributed by atoms with E-state index in [0.29, 0.717) is 22.9 Å². The third-order valence-corrected chi connectivity index (χ3v) is 3.17. The Kier molecular flexibility index (Phi) is 4.64. The van der Waals surface area contributed by atoms with Crippen LogP contribution in [-0.4, -0.2) is 13.1 Å². The molecule has 20 heavy (non-hydrogen) atoms. The Morgan fingerprint density at radius 3 is 2.50 bits per heavy atom. The van der Waals surface area contributed by atoms with Crippen LogP contribution in [0, 0.1) is 6.92 Å². The van der Waals surface area contributed by atoms with Crippen LogP contribution < -0.4 is 4.74 Å². The first-order chi connectivity index (χ1) is 9.60. The van der Waals surface area contributed by atoms with E-state index in [1.807, 2.05) is 37.3 Å². The first kappa shape index (κ1) is 14.4. The number of carbonyl (C=O) groups excluding carboxylic acids is 1. The summed E-state index contributed by atoms with van der Waals surface area (Å²) >= 11 is 6.06. The fourth-order valence-corrected chi connectivity index (χ4v) is 1.91. The Hall–Kier alpha value is -2.00. The van der Waals surface area contributed by atoms with Crippen LogP contribution in [0.25, 0.3) is 0 Å². The van der Waals surface area contributed by atoms with Gasteiger partial charge in [0, 0.05) is 0 Å². The summed E-state index contributed by atoms with van der Waals surface area (Å²) in [6.07, 6.45) is 0. The first-order valence-electron chi connectivity index (χ1n) is 6.16. The van der Waals surface area contributed by atoms with E-state index >= 15 is 0 Å². The van der Waals surface area contributed by atoms with E-state index in [0.717, 1.165) is 11.1 Å². The molecule has 0 atom stereocenters. The molecule has 0 bridgehead atoms. The summed E-state index contributed by atoms with van der Waals surface area (Å²) in [5.74, 6) is 0.308. The van der Waals surface area contributed by atoms with E-state index in [9.17, 15) is 4.79 Å². The number of carbonyl (C=O) groups is 1. The fraction of sp³-hybridized carbons (Fsp3) is 0.188. The standard InChI is InChI=1S/C16H15ClO3/c1-11-3-8-14(17)15(9-11)20-10-12-4-6-13(7-5-12)16(18)19-2/h3-9H,10H2,1-2H3. The van der Waals surface area contributed by atoms with Crippen molar-refractivity contribution in [3.63, 3.8) is 0 Å². The van der Waals surface area contributed by atoms with Crippen LogP contribution in [0.4, 0.5) is 0 Å². The van der Waals surface area contributed by atoms with E-state index in [-0.39, 0.29) is 5.97 Å². The van der Waals surface area contributed by atoms with E-state index in [2.05, 4.69) is 4.74 Å². The van der Waals surface area contributed by atoms with Crippen molar-refractivity contribution in [3.8, 4) is 5.75 Å². The third-order valence-electron chi connectivity index (χ3n) is 2.86. The van der Waals surface area contributed by atoms with Crippen molar-refractivity contribution in [2.75, 3.05) is 7.11 Å². The van der Waals surface area contributed by atoms with Crippen LogP contribution in [0.3, 0.4) is 0 Å². The lowest BCUT2D eigenvalue weighted by atomic mass is 10.1. The number of hydrogen-bond donors (Lipinski definition) is 0. The zero-order valence-electron chi connectivity index (χ0n) is 11.4. The molecule has 104 valence electrons. The Bertz CT molecular complexity index is 606. The molecule has 0 spiro atoms. The highest BCUT2D eigenvalue weighted by atomic mass is 35.5. The second kappa shape index (κ2) is 6.44. The van der Waals surface area contributed by atoms with Crippen molar-refractivity contribution >= 4 is 17.6 Å². The Morgan fingerprint density at radius 1 is 1.15 bits per heavy atom. The van der Waals surface area contributed by atoms with E-state index in [4.69, 9.17) is 16.3 Å². The zero-order valence-corrected chi connectivity index (χ0v) is 12.1. The van der Waals surface area contributed by atoms with Crippen molar-refractivity contribution in [1.29, 1.82) is 0 Å². The summed E-state index contributed by atoms with van der Waals surface area (Å²) in [6, 6.07) is 12.7.